The largest absolute Gasteiger partial charge is 0.493 e. The third-order valence-electron chi connectivity index (χ3n) is 4.87. The standard InChI is InChI=1S/C20H20N2O6/c1-24-15-9-12(10-16(25-2)18(15)26-3)21-19(23)20(6-7-20)17-11-14(28-22-17)13-5-4-8-27-13/h4-5,8-11H,6-7H2,1-3H3,(H,21,23). The minimum absolute atomic E-state index is 0.166. The molecule has 0 unspecified atom stereocenters. The van der Waals surface area contributed by atoms with Gasteiger partial charge in [-0.3, -0.25) is 4.79 Å². The zero-order valence-corrected chi connectivity index (χ0v) is 15.8. The first-order chi connectivity index (χ1) is 13.6. The molecule has 1 amide bonds. The lowest BCUT2D eigenvalue weighted by Gasteiger charge is -2.16. The van der Waals surface area contributed by atoms with Gasteiger partial charge in [-0.15, -0.1) is 0 Å². The van der Waals surface area contributed by atoms with E-state index in [1.165, 1.54) is 21.3 Å². The van der Waals surface area contributed by atoms with Gasteiger partial charge in [-0.25, -0.2) is 0 Å². The molecule has 1 N–H and O–H groups in total. The van der Waals surface area contributed by atoms with E-state index in [2.05, 4.69) is 10.5 Å². The summed E-state index contributed by atoms with van der Waals surface area (Å²) in [4.78, 5) is 13.0. The number of hydrogen-bond acceptors (Lipinski definition) is 7. The Bertz CT molecular complexity index is 963. The molecular weight excluding hydrogens is 364 g/mol. The number of carbonyl (C=O) groups excluding carboxylic acids is 1. The van der Waals surface area contributed by atoms with Crippen LogP contribution in [0.4, 0.5) is 5.69 Å². The Kier molecular flexibility index (Phi) is 4.46. The highest BCUT2D eigenvalue weighted by atomic mass is 16.5. The van der Waals surface area contributed by atoms with Crippen molar-refractivity contribution in [1.29, 1.82) is 0 Å². The van der Waals surface area contributed by atoms with Gasteiger partial charge < -0.3 is 28.5 Å². The molecular formula is C20H20N2O6. The van der Waals surface area contributed by atoms with Gasteiger partial charge in [-0.1, -0.05) is 5.16 Å². The molecule has 0 saturated heterocycles. The molecule has 8 heteroatoms. The second-order valence-corrected chi connectivity index (χ2v) is 6.50. The molecule has 8 nitrogen and oxygen atoms in total. The van der Waals surface area contributed by atoms with E-state index in [0.29, 0.717) is 53.0 Å². The third-order valence-corrected chi connectivity index (χ3v) is 4.87. The van der Waals surface area contributed by atoms with Gasteiger partial charge in [0.1, 0.15) is 0 Å². The van der Waals surface area contributed by atoms with Crippen LogP contribution in [0.25, 0.3) is 11.5 Å². The second-order valence-electron chi connectivity index (χ2n) is 6.50. The molecule has 146 valence electrons. The lowest BCUT2D eigenvalue weighted by Crippen LogP contribution is -2.28. The lowest BCUT2D eigenvalue weighted by atomic mass is 10.0. The van der Waals surface area contributed by atoms with Crippen molar-refractivity contribution in [2.24, 2.45) is 0 Å². The fourth-order valence-electron chi connectivity index (χ4n) is 3.16. The van der Waals surface area contributed by atoms with E-state index in [4.69, 9.17) is 23.2 Å². The maximum atomic E-state index is 13.0. The first kappa shape index (κ1) is 18.0. The summed E-state index contributed by atoms with van der Waals surface area (Å²) in [5.41, 5.74) is 0.415. The average Bonchev–Trinajstić information content (AvgIpc) is 3.11. The summed E-state index contributed by atoms with van der Waals surface area (Å²) in [5, 5.41) is 7.03. The molecule has 0 atom stereocenters. The normalized spacial score (nSPS) is 14.4. The summed E-state index contributed by atoms with van der Waals surface area (Å²) in [6.07, 6.45) is 2.93. The maximum Gasteiger partial charge on any atom is 0.236 e. The summed E-state index contributed by atoms with van der Waals surface area (Å²) in [5.74, 6) is 2.28. The van der Waals surface area contributed by atoms with Crippen LogP contribution in [0.3, 0.4) is 0 Å². The zero-order chi connectivity index (χ0) is 19.7. The Morgan fingerprint density at radius 3 is 2.32 bits per heavy atom. The van der Waals surface area contributed by atoms with Gasteiger partial charge in [0.25, 0.3) is 0 Å². The predicted molar refractivity (Wildman–Crippen MR) is 99.8 cm³/mol. The smallest absolute Gasteiger partial charge is 0.236 e. The minimum atomic E-state index is -0.714. The van der Waals surface area contributed by atoms with E-state index in [-0.39, 0.29) is 5.91 Å². The van der Waals surface area contributed by atoms with Crippen LogP contribution in [0.5, 0.6) is 17.2 Å². The van der Waals surface area contributed by atoms with Crippen molar-refractivity contribution in [2.45, 2.75) is 18.3 Å². The molecule has 0 radical (unpaired) electrons. The number of hydrogen-bond donors (Lipinski definition) is 1. The van der Waals surface area contributed by atoms with Gasteiger partial charge in [-0.05, 0) is 25.0 Å². The summed E-state index contributed by atoms with van der Waals surface area (Å²) in [7, 11) is 4.58. The third kappa shape index (κ3) is 2.96. The van der Waals surface area contributed by atoms with Crippen LogP contribution in [-0.2, 0) is 10.2 Å². The Balaban J connectivity index is 1.58. The van der Waals surface area contributed by atoms with Gasteiger partial charge in [0, 0.05) is 23.9 Å². The number of methoxy groups -OCH3 is 3. The zero-order valence-electron chi connectivity index (χ0n) is 15.8. The molecule has 2 aromatic heterocycles. The fourth-order valence-corrected chi connectivity index (χ4v) is 3.16. The Hall–Kier alpha value is -3.42. The van der Waals surface area contributed by atoms with Gasteiger partial charge >= 0.3 is 0 Å². The first-order valence-electron chi connectivity index (χ1n) is 8.74. The van der Waals surface area contributed by atoms with Crippen LogP contribution < -0.4 is 19.5 Å². The van der Waals surface area contributed by atoms with E-state index in [1.807, 2.05) is 0 Å². The van der Waals surface area contributed by atoms with Crippen molar-refractivity contribution < 1.29 is 27.9 Å². The molecule has 0 aliphatic heterocycles. The number of rotatable bonds is 7. The highest BCUT2D eigenvalue weighted by molar-refractivity contribution is 6.01. The van der Waals surface area contributed by atoms with E-state index < -0.39 is 5.41 Å². The Morgan fingerprint density at radius 1 is 1.07 bits per heavy atom. The van der Waals surface area contributed by atoms with Crippen molar-refractivity contribution in [3.8, 4) is 28.8 Å². The van der Waals surface area contributed by atoms with Crippen LogP contribution in [0.2, 0.25) is 0 Å². The van der Waals surface area contributed by atoms with Gasteiger partial charge in [0.05, 0.1) is 38.7 Å². The molecule has 4 rings (SSSR count). The van der Waals surface area contributed by atoms with E-state index in [0.717, 1.165) is 0 Å². The summed E-state index contributed by atoms with van der Waals surface area (Å²) >= 11 is 0. The monoisotopic (exact) mass is 384 g/mol. The van der Waals surface area contributed by atoms with Crippen molar-refractivity contribution in [1.82, 2.24) is 5.16 Å². The van der Waals surface area contributed by atoms with Gasteiger partial charge in [0.15, 0.2) is 17.3 Å². The molecule has 0 bridgehead atoms. The lowest BCUT2D eigenvalue weighted by molar-refractivity contribution is -0.118. The number of nitrogens with one attached hydrogen (secondary N) is 1. The molecule has 1 aliphatic carbocycles. The van der Waals surface area contributed by atoms with E-state index >= 15 is 0 Å². The van der Waals surface area contributed by atoms with Crippen LogP contribution in [0.1, 0.15) is 18.5 Å². The quantitative estimate of drug-likeness (QED) is 0.664. The molecule has 3 aromatic rings. The average molecular weight is 384 g/mol. The number of ether oxygens (including phenoxy) is 3. The summed E-state index contributed by atoms with van der Waals surface area (Å²) < 4.78 is 26.7. The number of anilines is 1. The van der Waals surface area contributed by atoms with E-state index in [1.54, 1.807) is 36.6 Å². The maximum absolute atomic E-state index is 13.0. The van der Waals surface area contributed by atoms with Crippen LogP contribution >= 0.6 is 0 Å². The second kappa shape index (κ2) is 6.95. The molecule has 1 saturated carbocycles. The van der Waals surface area contributed by atoms with Crippen molar-refractivity contribution in [3.63, 3.8) is 0 Å². The number of nitrogens with zero attached hydrogens (tertiary/aromatic N) is 1. The van der Waals surface area contributed by atoms with E-state index in [9.17, 15) is 4.79 Å². The van der Waals surface area contributed by atoms with Crippen LogP contribution in [0, 0.1) is 0 Å². The minimum Gasteiger partial charge on any atom is -0.493 e. The number of carbonyl (C=O) groups is 1. The molecule has 1 aliphatic rings. The molecule has 1 aromatic carbocycles. The topological polar surface area (TPSA) is 96.0 Å². The summed E-state index contributed by atoms with van der Waals surface area (Å²) in [6.45, 7) is 0. The van der Waals surface area contributed by atoms with Crippen LogP contribution in [0.15, 0.2) is 45.5 Å². The Morgan fingerprint density at radius 2 is 1.79 bits per heavy atom. The van der Waals surface area contributed by atoms with Crippen LogP contribution in [-0.4, -0.2) is 32.4 Å². The molecule has 2 heterocycles. The van der Waals surface area contributed by atoms with Gasteiger partial charge in [-0.2, -0.15) is 0 Å². The van der Waals surface area contributed by atoms with Crippen molar-refractivity contribution >= 4 is 11.6 Å². The molecule has 28 heavy (non-hydrogen) atoms. The number of aromatic nitrogens is 1. The number of amides is 1. The number of furan rings is 1. The predicted octanol–water partition coefficient (Wildman–Crippen LogP) is 3.63. The first-order valence-corrected chi connectivity index (χ1v) is 8.74. The highest BCUT2D eigenvalue weighted by Gasteiger charge is 2.54. The van der Waals surface area contributed by atoms with Crippen molar-refractivity contribution in [2.75, 3.05) is 26.6 Å². The summed E-state index contributed by atoms with van der Waals surface area (Å²) in [6, 6.07) is 8.67. The van der Waals surface area contributed by atoms with Gasteiger partial charge in [0.2, 0.25) is 17.4 Å². The Labute approximate surface area is 161 Å². The number of benzene rings is 1. The molecule has 1 fully saturated rings. The highest BCUT2D eigenvalue weighted by Crippen LogP contribution is 2.49. The van der Waals surface area contributed by atoms with Crippen molar-refractivity contribution in [3.05, 3.63) is 42.3 Å². The molecule has 0 spiro atoms. The SMILES string of the molecule is COc1cc(NC(=O)C2(c3cc(-c4ccco4)on3)CC2)cc(OC)c1OC. The fraction of sp³-hybridized carbons (Fsp3) is 0.300.